The van der Waals surface area contributed by atoms with E-state index in [-0.39, 0.29) is 6.61 Å². The quantitative estimate of drug-likeness (QED) is 0.938. The second-order valence-corrected chi connectivity index (χ2v) is 6.39. The zero-order valence-electron chi connectivity index (χ0n) is 11.8. The zero-order chi connectivity index (χ0) is 15.1. The molecule has 4 heterocycles. The average molecular weight is 318 g/mol. The van der Waals surface area contributed by atoms with Crippen LogP contribution in [-0.4, -0.2) is 34.7 Å². The Morgan fingerprint density at radius 1 is 1.32 bits per heavy atom. The molecule has 22 heavy (non-hydrogen) atoms. The van der Waals surface area contributed by atoms with E-state index >= 15 is 0 Å². The minimum absolute atomic E-state index is 0.292. The van der Waals surface area contributed by atoms with Gasteiger partial charge in [-0.2, -0.15) is 0 Å². The van der Waals surface area contributed by atoms with Gasteiger partial charge < -0.3 is 14.9 Å². The minimum atomic E-state index is -0.414. The van der Waals surface area contributed by atoms with Crippen LogP contribution in [0, 0.1) is 11.7 Å². The molecule has 0 aromatic carbocycles. The Labute approximate surface area is 131 Å². The number of hydrogen-bond donors (Lipinski definition) is 1. The SMILES string of the molecule is OCc1ccnc(N2CC3=CN(c4nccs4)CC3C2)c1F. The first-order chi connectivity index (χ1) is 10.8. The van der Waals surface area contributed by atoms with Gasteiger partial charge in [0.25, 0.3) is 0 Å². The molecule has 4 rings (SSSR count). The van der Waals surface area contributed by atoms with Gasteiger partial charge in [0, 0.05) is 55.1 Å². The van der Waals surface area contributed by atoms with Gasteiger partial charge in [-0.25, -0.2) is 14.4 Å². The number of aliphatic hydroxyl groups excluding tert-OH is 1. The Bertz CT molecular complexity index is 718. The van der Waals surface area contributed by atoms with E-state index in [1.54, 1.807) is 23.7 Å². The summed E-state index contributed by atoms with van der Waals surface area (Å²) in [5.41, 5.74) is 1.58. The summed E-state index contributed by atoms with van der Waals surface area (Å²) in [6.07, 6.45) is 5.48. The predicted molar refractivity (Wildman–Crippen MR) is 83.4 cm³/mol. The van der Waals surface area contributed by atoms with Crippen LogP contribution in [0.4, 0.5) is 15.3 Å². The number of anilines is 2. The van der Waals surface area contributed by atoms with Crippen LogP contribution in [0.2, 0.25) is 0 Å². The van der Waals surface area contributed by atoms with Crippen LogP contribution in [-0.2, 0) is 6.61 Å². The van der Waals surface area contributed by atoms with Crippen molar-refractivity contribution in [2.45, 2.75) is 6.61 Å². The lowest BCUT2D eigenvalue weighted by atomic mass is 10.1. The largest absolute Gasteiger partial charge is 0.392 e. The molecular weight excluding hydrogens is 303 g/mol. The topological polar surface area (TPSA) is 52.5 Å². The number of pyridine rings is 1. The molecule has 2 aliphatic heterocycles. The third kappa shape index (κ3) is 2.17. The summed E-state index contributed by atoms with van der Waals surface area (Å²) < 4.78 is 14.3. The highest BCUT2D eigenvalue weighted by molar-refractivity contribution is 7.13. The lowest BCUT2D eigenvalue weighted by Gasteiger charge is -2.21. The van der Waals surface area contributed by atoms with Crippen molar-refractivity contribution in [2.24, 2.45) is 5.92 Å². The third-order valence-electron chi connectivity index (χ3n) is 4.16. The lowest BCUT2D eigenvalue weighted by Crippen LogP contribution is -2.27. The molecule has 7 heteroatoms. The molecule has 0 spiro atoms. The molecule has 1 N–H and O–H groups in total. The summed E-state index contributed by atoms with van der Waals surface area (Å²) in [7, 11) is 0. The van der Waals surface area contributed by atoms with Crippen LogP contribution in [0.15, 0.2) is 35.6 Å². The Hall–Kier alpha value is -1.99. The van der Waals surface area contributed by atoms with Gasteiger partial charge in [-0.15, -0.1) is 11.3 Å². The number of thiazole rings is 1. The molecule has 0 radical (unpaired) electrons. The maximum Gasteiger partial charge on any atom is 0.189 e. The fourth-order valence-corrected chi connectivity index (χ4v) is 3.70. The van der Waals surface area contributed by atoms with Gasteiger partial charge >= 0.3 is 0 Å². The highest BCUT2D eigenvalue weighted by Crippen LogP contribution is 2.35. The number of halogens is 1. The molecular formula is C15H15FN4OS. The van der Waals surface area contributed by atoms with E-state index in [4.69, 9.17) is 0 Å². The van der Waals surface area contributed by atoms with Crippen LogP contribution >= 0.6 is 11.3 Å². The predicted octanol–water partition coefficient (Wildman–Crippen LogP) is 2.01. The van der Waals surface area contributed by atoms with Crippen LogP contribution in [0.25, 0.3) is 0 Å². The average Bonchev–Trinajstić information content (AvgIpc) is 3.22. The third-order valence-corrected chi connectivity index (χ3v) is 4.97. The van der Waals surface area contributed by atoms with E-state index in [2.05, 4.69) is 21.1 Å². The van der Waals surface area contributed by atoms with E-state index in [9.17, 15) is 9.50 Å². The number of aliphatic hydroxyl groups is 1. The van der Waals surface area contributed by atoms with Gasteiger partial charge in [0.15, 0.2) is 16.8 Å². The summed E-state index contributed by atoms with van der Waals surface area (Å²) in [6.45, 7) is 1.98. The lowest BCUT2D eigenvalue weighted by molar-refractivity contribution is 0.275. The van der Waals surface area contributed by atoms with Gasteiger partial charge in [0.2, 0.25) is 0 Å². The Balaban J connectivity index is 1.56. The van der Waals surface area contributed by atoms with Crippen LogP contribution in [0.3, 0.4) is 0 Å². The first kappa shape index (κ1) is 13.7. The van der Waals surface area contributed by atoms with Crippen LogP contribution in [0.5, 0.6) is 0 Å². The second kappa shape index (κ2) is 5.33. The van der Waals surface area contributed by atoms with E-state index in [0.717, 1.165) is 18.2 Å². The molecule has 1 unspecified atom stereocenters. The summed E-state index contributed by atoms with van der Waals surface area (Å²) in [6, 6.07) is 1.51. The number of hydrogen-bond acceptors (Lipinski definition) is 6. The van der Waals surface area contributed by atoms with Gasteiger partial charge in [-0.3, -0.25) is 0 Å². The number of aromatic nitrogens is 2. The van der Waals surface area contributed by atoms with Gasteiger partial charge in [0.05, 0.1) is 6.61 Å². The van der Waals surface area contributed by atoms with Gasteiger partial charge in [-0.1, -0.05) is 0 Å². The van der Waals surface area contributed by atoms with Crippen molar-refractivity contribution < 1.29 is 9.50 Å². The molecule has 0 aliphatic carbocycles. The maximum absolute atomic E-state index is 14.3. The normalized spacial score (nSPS) is 20.5. The highest BCUT2D eigenvalue weighted by Gasteiger charge is 2.35. The Morgan fingerprint density at radius 3 is 2.95 bits per heavy atom. The Morgan fingerprint density at radius 2 is 2.23 bits per heavy atom. The van der Waals surface area contributed by atoms with Crippen LogP contribution < -0.4 is 9.80 Å². The van der Waals surface area contributed by atoms with E-state index in [1.165, 1.54) is 11.6 Å². The van der Waals surface area contributed by atoms with Gasteiger partial charge in [-0.05, 0) is 11.6 Å². The fourth-order valence-electron chi connectivity index (χ4n) is 3.08. The standard InChI is InChI=1S/C15H15FN4OS/c16-13-10(9-21)1-2-17-14(13)19-5-11-7-20(8-12(11)6-19)15-18-3-4-22-15/h1-4,7,12,21H,5-6,8-9H2. The summed E-state index contributed by atoms with van der Waals surface area (Å²) in [5.74, 6) is 0.299. The molecule has 0 saturated carbocycles. The number of nitrogens with zero attached hydrogens (tertiary/aromatic N) is 4. The molecule has 1 fully saturated rings. The molecule has 0 amide bonds. The van der Waals surface area contributed by atoms with E-state index in [1.807, 2.05) is 10.3 Å². The highest BCUT2D eigenvalue weighted by atomic mass is 32.1. The summed E-state index contributed by atoms with van der Waals surface area (Å²) in [5, 5.41) is 12.1. The van der Waals surface area contributed by atoms with Crippen LogP contribution in [0.1, 0.15) is 5.56 Å². The molecule has 114 valence electrons. The fraction of sp³-hybridized carbons (Fsp3) is 0.333. The summed E-state index contributed by atoms with van der Waals surface area (Å²) in [4.78, 5) is 12.6. The van der Waals surface area contributed by atoms with E-state index < -0.39 is 5.82 Å². The molecule has 1 saturated heterocycles. The maximum atomic E-state index is 14.3. The van der Waals surface area contributed by atoms with Crippen molar-refractivity contribution in [1.82, 2.24) is 9.97 Å². The van der Waals surface area contributed by atoms with Gasteiger partial charge in [0.1, 0.15) is 0 Å². The second-order valence-electron chi connectivity index (χ2n) is 5.51. The molecule has 0 bridgehead atoms. The molecule has 2 aromatic rings. The molecule has 2 aromatic heterocycles. The minimum Gasteiger partial charge on any atom is -0.392 e. The van der Waals surface area contributed by atoms with Crippen molar-refractivity contribution >= 4 is 22.3 Å². The summed E-state index contributed by atoms with van der Waals surface area (Å²) >= 11 is 1.62. The zero-order valence-corrected chi connectivity index (χ0v) is 12.6. The van der Waals surface area contributed by atoms with Crippen molar-refractivity contribution in [3.05, 3.63) is 47.0 Å². The van der Waals surface area contributed by atoms with Crippen molar-refractivity contribution in [2.75, 3.05) is 29.4 Å². The first-order valence-corrected chi connectivity index (χ1v) is 8.00. The Kier molecular flexibility index (Phi) is 3.31. The number of fused-ring (bicyclic) bond motifs is 1. The molecule has 2 aliphatic rings. The molecule has 1 atom stereocenters. The first-order valence-electron chi connectivity index (χ1n) is 7.12. The van der Waals surface area contributed by atoms with E-state index in [0.29, 0.717) is 23.8 Å². The van der Waals surface area contributed by atoms with Crippen molar-refractivity contribution in [3.8, 4) is 0 Å². The molecule has 5 nitrogen and oxygen atoms in total. The number of rotatable bonds is 3. The van der Waals surface area contributed by atoms with Crippen molar-refractivity contribution in [3.63, 3.8) is 0 Å². The smallest absolute Gasteiger partial charge is 0.189 e. The monoisotopic (exact) mass is 318 g/mol. The van der Waals surface area contributed by atoms with Crippen molar-refractivity contribution in [1.29, 1.82) is 0 Å².